The van der Waals surface area contributed by atoms with E-state index >= 15 is 0 Å². The van der Waals surface area contributed by atoms with Crippen molar-refractivity contribution in [2.75, 3.05) is 7.05 Å². The second-order valence-electron chi connectivity index (χ2n) is 5.35. The molecule has 0 saturated carbocycles. The van der Waals surface area contributed by atoms with E-state index in [1.54, 1.807) is 24.3 Å². The van der Waals surface area contributed by atoms with Gasteiger partial charge in [0.1, 0.15) is 5.75 Å². The summed E-state index contributed by atoms with van der Waals surface area (Å²) in [5.41, 5.74) is 0.845. The van der Waals surface area contributed by atoms with Crippen molar-refractivity contribution in [2.24, 2.45) is 0 Å². The Hall–Kier alpha value is -1.78. The number of likely N-dealkylation sites (N-methyl/N-ethyl adjacent to an activating group) is 1. The lowest BCUT2D eigenvalue weighted by atomic mass is 9.99. The lowest BCUT2D eigenvalue weighted by molar-refractivity contribution is 0.126. The summed E-state index contributed by atoms with van der Waals surface area (Å²) in [6.45, 7) is 6.05. The van der Waals surface area contributed by atoms with Crippen LogP contribution >= 0.6 is 0 Å². The maximum Gasteiger partial charge on any atom is 0.410 e. The molecular formula is C15H22N2O3. The molecule has 0 radical (unpaired) electrons. The van der Waals surface area contributed by atoms with Crippen molar-refractivity contribution in [3.8, 4) is 5.75 Å². The number of ether oxygens (including phenoxy) is 2. The van der Waals surface area contributed by atoms with Crippen molar-refractivity contribution >= 4 is 6.09 Å². The molecule has 0 aliphatic carbocycles. The van der Waals surface area contributed by atoms with Crippen LogP contribution in [0.4, 0.5) is 4.79 Å². The molecule has 1 aliphatic rings. The van der Waals surface area contributed by atoms with E-state index < -0.39 is 0 Å². The number of carbonyl (C=O) groups is 1. The summed E-state index contributed by atoms with van der Waals surface area (Å²) >= 11 is 0. The van der Waals surface area contributed by atoms with E-state index in [-0.39, 0.29) is 24.3 Å². The van der Waals surface area contributed by atoms with E-state index in [4.69, 9.17) is 9.47 Å². The first kappa shape index (κ1) is 14.6. The number of pyridine rings is 1. The van der Waals surface area contributed by atoms with E-state index in [1.165, 1.54) is 0 Å². The van der Waals surface area contributed by atoms with Gasteiger partial charge in [0.05, 0.1) is 17.7 Å². The first-order valence-corrected chi connectivity index (χ1v) is 7.08. The maximum atomic E-state index is 11.8. The van der Waals surface area contributed by atoms with E-state index in [0.29, 0.717) is 0 Å². The van der Waals surface area contributed by atoms with E-state index in [0.717, 1.165) is 24.2 Å². The largest absolute Gasteiger partial charge is 0.490 e. The molecule has 1 fully saturated rings. The zero-order valence-electron chi connectivity index (χ0n) is 12.5. The van der Waals surface area contributed by atoms with Crippen LogP contribution in [0.15, 0.2) is 18.5 Å². The molecule has 1 amide bonds. The van der Waals surface area contributed by atoms with Gasteiger partial charge >= 0.3 is 6.09 Å². The molecule has 1 aromatic heterocycles. The van der Waals surface area contributed by atoms with Crippen LogP contribution < -0.4 is 4.74 Å². The minimum Gasteiger partial charge on any atom is -0.490 e. The van der Waals surface area contributed by atoms with Crippen LogP contribution in [0.3, 0.4) is 0 Å². The first-order chi connectivity index (χ1) is 9.54. The van der Waals surface area contributed by atoms with Crippen LogP contribution in [0.5, 0.6) is 5.75 Å². The van der Waals surface area contributed by atoms with Crippen molar-refractivity contribution < 1.29 is 14.3 Å². The van der Waals surface area contributed by atoms with Gasteiger partial charge < -0.3 is 14.4 Å². The standard InChI is InChI=1S/C15H22N2O3/c1-5-6-12-14(20-15(18)17(12)4)11-9-16-8-7-13(11)19-10(2)3/h7-10,12,14H,5-6H2,1-4H3/t12-,14?/m1/s1. The molecule has 1 aliphatic heterocycles. The zero-order chi connectivity index (χ0) is 14.7. The molecule has 110 valence electrons. The number of cyclic esters (lactones) is 1. The van der Waals surface area contributed by atoms with Crippen molar-refractivity contribution in [3.05, 3.63) is 24.0 Å². The Morgan fingerprint density at radius 1 is 1.50 bits per heavy atom. The number of aromatic nitrogens is 1. The Balaban J connectivity index is 2.32. The smallest absolute Gasteiger partial charge is 0.410 e. The normalized spacial score (nSPS) is 22.2. The van der Waals surface area contributed by atoms with Crippen LogP contribution in [0.1, 0.15) is 45.3 Å². The highest BCUT2D eigenvalue weighted by atomic mass is 16.6. The monoisotopic (exact) mass is 278 g/mol. The van der Waals surface area contributed by atoms with Crippen molar-refractivity contribution in [3.63, 3.8) is 0 Å². The first-order valence-electron chi connectivity index (χ1n) is 7.08. The fraction of sp³-hybridized carbons (Fsp3) is 0.600. The number of carbonyl (C=O) groups excluding carboxylic acids is 1. The Morgan fingerprint density at radius 3 is 2.90 bits per heavy atom. The number of hydrogen-bond donors (Lipinski definition) is 0. The fourth-order valence-electron chi connectivity index (χ4n) is 2.49. The van der Waals surface area contributed by atoms with Crippen LogP contribution in [0, 0.1) is 0 Å². The molecule has 0 aromatic carbocycles. The van der Waals surface area contributed by atoms with Gasteiger partial charge in [0.15, 0.2) is 6.10 Å². The SMILES string of the molecule is CCC[C@@H]1C(c2cnccc2OC(C)C)OC(=O)N1C. The molecule has 1 unspecified atom stereocenters. The van der Waals surface area contributed by atoms with Gasteiger partial charge in [0.25, 0.3) is 0 Å². The fourth-order valence-corrected chi connectivity index (χ4v) is 2.49. The van der Waals surface area contributed by atoms with Gasteiger partial charge in [-0.1, -0.05) is 13.3 Å². The Morgan fingerprint density at radius 2 is 2.25 bits per heavy atom. The molecule has 2 atom stereocenters. The number of rotatable bonds is 5. The van der Waals surface area contributed by atoms with Crippen molar-refractivity contribution in [1.82, 2.24) is 9.88 Å². The Labute approximate surface area is 119 Å². The second kappa shape index (κ2) is 6.11. The molecule has 0 N–H and O–H groups in total. The van der Waals surface area contributed by atoms with E-state index in [2.05, 4.69) is 11.9 Å². The summed E-state index contributed by atoms with van der Waals surface area (Å²) in [4.78, 5) is 17.6. The predicted octanol–water partition coefficient (Wildman–Crippen LogP) is 3.16. The second-order valence-corrected chi connectivity index (χ2v) is 5.35. The van der Waals surface area contributed by atoms with Gasteiger partial charge in [-0.15, -0.1) is 0 Å². The van der Waals surface area contributed by atoms with Gasteiger partial charge in [-0.25, -0.2) is 4.79 Å². The summed E-state index contributed by atoms with van der Waals surface area (Å²) in [5, 5.41) is 0. The van der Waals surface area contributed by atoms with E-state index in [1.807, 2.05) is 19.9 Å². The van der Waals surface area contributed by atoms with Gasteiger partial charge in [-0.2, -0.15) is 0 Å². The molecule has 1 saturated heterocycles. The molecule has 1 aromatic rings. The Kier molecular flexibility index (Phi) is 4.47. The molecule has 0 spiro atoms. The number of hydrogen-bond acceptors (Lipinski definition) is 4. The molecule has 0 bridgehead atoms. The number of nitrogens with zero attached hydrogens (tertiary/aromatic N) is 2. The van der Waals surface area contributed by atoms with Crippen molar-refractivity contribution in [2.45, 2.75) is 51.9 Å². The lowest BCUT2D eigenvalue weighted by Crippen LogP contribution is -2.30. The third-order valence-electron chi connectivity index (χ3n) is 3.43. The van der Waals surface area contributed by atoms with Crippen molar-refractivity contribution in [1.29, 1.82) is 0 Å². The van der Waals surface area contributed by atoms with Crippen LogP contribution in [-0.4, -0.2) is 35.2 Å². The highest BCUT2D eigenvalue weighted by molar-refractivity contribution is 5.71. The van der Waals surface area contributed by atoms with Gasteiger partial charge in [0, 0.05) is 19.4 Å². The molecule has 2 heterocycles. The minimum absolute atomic E-state index is 0.0335. The topological polar surface area (TPSA) is 51.7 Å². The highest BCUT2D eigenvalue weighted by Crippen LogP contribution is 2.38. The highest BCUT2D eigenvalue weighted by Gasteiger charge is 2.41. The van der Waals surface area contributed by atoms with E-state index in [9.17, 15) is 4.79 Å². The molecule has 5 heteroatoms. The third kappa shape index (κ3) is 2.86. The maximum absolute atomic E-state index is 11.8. The predicted molar refractivity (Wildman–Crippen MR) is 75.7 cm³/mol. The summed E-state index contributed by atoms with van der Waals surface area (Å²) in [7, 11) is 1.78. The number of amides is 1. The minimum atomic E-state index is -0.310. The van der Waals surface area contributed by atoms with Crippen LogP contribution in [0.2, 0.25) is 0 Å². The summed E-state index contributed by atoms with van der Waals surface area (Å²) in [6, 6.07) is 1.86. The lowest BCUT2D eigenvalue weighted by Gasteiger charge is -2.23. The average Bonchev–Trinajstić information content (AvgIpc) is 2.67. The third-order valence-corrected chi connectivity index (χ3v) is 3.43. The average molecular weight is 278 g/mol. The van der Waals surface area contributed by atoms with Crippen LogP contribution in [0.25, 0.3) is 0 Å². The quantitative estimate of drug-likeness (QED) is 0.830. The molecule has 5 nitrogen and oxygen atoms in total. The zero-order valence-corrected chi connectivity index (χ0v) is 12.5. The Bertz CT molecular complexity index is 476. The van der Waals surface area contributed by atoms with Gasteiger partial charge in [-0.3, -0.25) is 4.98 Å². The van der Waals surface area contributed by atoms with Crippen LogP contribution in [-0.2, 0) is 4.74 Å². The summed E-state index contributed by atoms with van der Waals surface area (Å²) in [6.07, 6.45) is 4.78. The summed E-state index contributed by atoms with van der Waals surface area (Å²) < 4.78 is 11.3. The van der Waals surface area contributed by atoms with Gasteiger partial charge in [0.2, 0.25) is 0 Å². The molecule has 20 heavy (non-hydrogen) atoms. The molecular weight excluding hydrogens is 256 g/mol. The van der Waals surface area contributed by atoms with Gasteiger partial charge in [-0.05, 0) is 26.3 Å². The summed E-state index contributed by atoms with van der Waals surface area (Å²) in [5.74, 6) is 0.740. The molecule has 2 rings (SSSR count).